The molecule has 1 saturated heterocycles. The predicted octanol–water partition coefficient (Wildman–Crippen LogP) is 4.53. The number of hydrogen-bond donors (Lipinski definition) is 1. The van der Waals surface area contributed by atoms with Crippen LogP contribution >= 0.6 is 0 Å². The van der Waals surface area contributed by atoms with Crippen LogP contribution in [0.4, 0.5) is 5.69 Å². The Morgan fingerprint density at radius 2 is 1.74 bits per heavy atom. The van der Waals surface area contributed by atoms with E-state index in [1.54, 1.807) is 12.1 Å². The standard InChI is InChI=1S/C22H27NO4/c1-16(2)14-26-19-9-5-17(6-10-19)22(24)23-18-7-11-20(12-8-18)27-15-21-4-3-13-25-21/h5-12,16,21H,3-4,13-15H2,1-2H3,(H,23,24). The van der Waals surface area contributed by atoms with Gasteiger partial charge in [-0.1, -0.05) is 13.8 Å². The molecule has 1 N–H and O–H groups in total. The number of rotatable bonds is 8. The van der Waals surface area contributed by atoms with Gasteiger partial charge in [0.15, 0.2) is 0 Å². The van der Waals surface area contributed by atoms with Crippen molar-refractivity contribution in [2.75, 3.05) is 25.1 Å². The van der Waals surface area contributed by atoms with E-state index < -0.39 is 0 Å². The van der Waals surface area contributed by atoms with Crippen LogP contribution in [0.5, 0.6) is 11.5 Å². The molecule has 1 heterocycles. The minimum atomic E-state index is -0.154. The van der Waals surface area contributed by atoms with Crippen molar-refractivity contribution in [2.24, 2.45) is 5.92 Å². The SMILES string of the molecule is CC(C)COc1ccc(C(=O)Nc2ccc(OCC3CCCO3)cc2)cc1. The maximum absolute atomic E-state index is 12.4. The Morgan fingerprint density at radius 3 is 2.37 bits per heavy atom. The Morgan fingerprint density at radius 1 is 1.07 bits per heavy atom. The molecule has 3 rings (SSSR count). The van der Waals surface area contributed by atoms with Crippen molar-refractivity contribution in [2.45, 2.75) is 32.8 Å². The maximum atomic E-state index is 12.4. The summed E-state index contributed by atoms with van der Waals surface area (Å²) in [6, 6.07) is 14.6. The van der Waals surface area contributed by atoms with Gasteiger partial charge in [0.05, 0.1) is 12.7 Å². The fourth-order valence-electron chi connectivity index (χ4n) is 2.77. The average Bonchev–Trinajstić information content (AvgIpc) is 3.20. The molecule has 1 atom stereocenters. The molecular weight excluding hydrogens is 342 g/mol. The number of benzene rings is 2. The van der Waals surface area contributed by atoms with E-state index in [4.69, 9.17) is 14.2 Å². The minimum absolute atomic E-state index is 0.154. The topological polar surface area (TPSA) is 56.8 Å². The van der Waals surface area contributed by atoms with Crippen molar-refractivity contribution in [3.63, 3.8) is 0 Å². The maximum Gasteiger partial charge on any atom is 0.255 e. The molecule has 1 amide bonds. The normalized spacial score (nSPS) is 16.3. The van der Waals surface area contributed by atoms with Crippen molar-refractivity contribution in [3.05, 3.63) is 54.1 Å². The van der Waals surface area contributed by atoms with Gasteiger partial charge in [-0.15, -0.1) is 0 Å². The predicted molar refractivity (Wildman–Crippen MR) is 106 cm³/mol. The third-order valence-corrected chi connectivity index (χ3v) is 4.27. The van der Waals surface area contributed by atoms with Gasteiger partial charge in [0.1, 0.15) is 18.1 Å². The minimum Gasteiger partial charge on any atom is -0.493 e. The molecule has 0 spiro atoms. The van der Waals surface area contributed by atoms with E-state index in [1.807, 2.05) is 36.4 Å². The Balaban J connectivity index is 1.49. The van der Waals surface area contributed by atoms with Crippen molar-refractivity contribution in [3.8, 4) is 11.5 Å². The zero-order valence-corrected chi connectivity index (χ0v) is 15.9. The fourth-order valence-corrected chi connectivity index (χ4v) is 2.77. The van der Waals surface area contributed by atoms with Gasteiger partial charge in [-0.2, -0.15) is 0 Å². The summed E-state index contributed by atoms with van der Waals surface area (Å²) in [4.78, 5) is 12.4. The molecule has 1 fully saturated rings. The van der Waals surface area contributed by atoms with Gasteiger partial charge in [-0.05, 0) is 67.3 Å². The summed E-state index contributed by atoms with van der Waals surface area (Å²) in [5.41, 5.74) is 1.32. The van der Waals surface area contributed by atoms with Crippen LogP contribution in [0.2, 0.25) is 0 Å². The molecule has 1 unspecified atom stereocenters. The van der Waals surface area contributed by atoms with E-state index in [0.29, 0.717) is 24.7 Å². The number of hydrogen-bond acceptors (Lipinski definition) is 4. The summed E-state index contributed by atoms with van der Waals surface area (Å²) < 4.78 is 16.9. The molecule has 5 nitrogen and oxygen atoms in total. The summed E-state index contributed by atoms with van der Waals surface area (Å²) >= 11 is 0. The zero-order chi connectivity index (χ0) is 19.1. The fraction of sp³-hybridized carbons (Fsp3) is 0.409. The van der Waals surface area contributed by atoms with Gasteiger partial charge >= 0.3 is 0 Å². The first-order valence-corrected chi connectivity index (χ1v) is 9.49. The number of nitrogens with one attached hydrogen (secondary N) is 1. The first kappa shape index (κ1) is 19.2. The lowest BCUT2D eigenvalue weighted by Gasteiger charge is -2.12. The van der Waals surface area contributed by atoms with Crippen LogP contribution in [0.25, 0.3) is 0 Å². The molecule has 2 aromatic rings. The van der Waals surface area contributed by atoms with Crippen molar-refractivity contribution < 1.29 is 19.0 Å². The first-order chi connectivity index (χ1) is 13.1. The Labute approximate surface area is 160 Å². The second-order valence-electron chi connectivity index (χ2n) is 7.15. The van der Waals surface area contributed by atoms with Gasteiger partial charge in [0.25, 0.3) is 5.91 Å². The zero-order valence-electron chi connectivity index (χ0n) is 15.9. The number of ether oxygens (including phenoxy) is 3. The summed E-state index contributed by atoms with van der Waals surface area (Å²) in [6.45, 7) is 6.24. The van der Waals surface area contributed by atoms with E-state index in [1.165, 1.54) is 0 Å². The second-order valence-corrected chi connectivity index (χ2v) is 7.15. The van der Waals surface area contributed by atoms with Crippen LogP contribution in [0.1, 0.15) is 37.0 Å². The molecule has 144 valence electrons. The van der Waals surface area contributed by atoms with Crippen LogP contribution in [0.15, 0.2) is 48.5 Å². The summed E-state index contributed by atoms with van der Waals surface area (Å²) in [5.74, 6) is 1.85. The van der Waals surface area contributed by atoms with E-state index in [0.717, 1.165) is 36.6 Å². The van der Waals surface area contributed by atoms with Crippen LogP contribution in [-0.4, -0.2) is 31.8 Å². The highest BCUT2D eigenvalue weighted by atomic mass is 16.5. The van der Waals surface area contributed by atoms with Gasteiger partial charge in [-0.25, -0.2) is 0 Å². The molecule has 0 bridgehead atoms. The third kappa shape index (κ3) is 6.00. The highest BCUT2D eigenvalue weighted by Gasteiger charge is 2.16. The summed E-state index contributed by atoms with van der Waals surface area (Å²) in [5, 5.41) is 2.89. The molecule has 1 aliphatic heterocycles. The number of carbonyl (C=O) groups is 1. The molecular formula is C22H27NO4. The van der Waals surface area contributed by atoms with Crippen LogP contribution in [0, 0.1) is 5.92 Å². The van der Waals surface area contributed by atoms with E-state index >= 15 is 0 Å². The van der Waals surface area contributed by atoms with E-state index in [9.17, 15) is 4.79 Å². The number of anilines is 1. The van der Waals surface area contributed by atoms with Crippen molar-refractivity contribution >= 4 is 11.6 Å². The molecule has 1 aliphatic rings. The Hall–Kier alpha value is -2.53. The average molecular weight is 369 g/mol. The highest BCUT2D eigenvalue weighted by Crippen LogP contribution is 2.19. The third-order valence-electron chi connectivity index (χ3n) is 4.27. The lowest BCUT2D eigenvalue weighted by atomic mass is 10.2. The molecule has 0 aliphatic carbocycles. The van der Waals surface area contributed by atoms with Crippen molar-refractivity contribution in [1.82, 2.24) is 0 Å². The molecule has 0 radical (unpaired) electrons. The van der Waals surface area contributed by atoms with Gasteiger partial charge < -0.3 is 19.5 Å². The van der Waals surface area contributed by atoms with Crippen LogP contribution in [0.3, 0.4) is 0 Å². The van der Waals surface area contributed by atoms with E-state index in [-0.39, 0.29) is 12.0 Å². The monoisotopic (exact) mass is 369 g/mol. The highest BCUT2D eigenvalue weighted by molar-refractivity contribution is 6.04. The first-order valence-electron chi connectivity index (χ1n) is 9.49. The summed E-state index contributed by atoms with van der Waals surface area (Å²) in [7, 11) is 0. The largest absolute Gasteiger partial charge is 0.493 e. The Kier molecular flexibility index (Phi) is 6.71. The molecule has 2 aromatic carbocycles. The van der Waals surface area contributed by atoms with Crippen LogP contribution in [-0.2, 0) is 4.74 Å². The lowest BCUT2D eigenvalue weighted by Crippen LogP contribution is -2.16. The smallest absolute Gasteiger partial charge is 0.255 e. The van der Waals surface area contributed by atoms with Gasteiger partial charge in [-0.3, -0.25) is 4.79 Å². The second kappa shape index (κ2) is 9.42. The van der Waals surface area contributed by atoms with Crippen LogP contribution < -0.4 is 14.8 Å². The molecule has 0 aromatic heterocycles. The van der Waals surface area contributed by atoms with E-state index in [2.05, 4.69) is 19.2 Å². The summed E-state index contributed by atoms with van der Waals surface area (Å²) in [6.07, 6.45) is 2.34. The number of carbonyl (C=O) groups excluding carboxylic acids is 1. The lowest BCUT2D eigenvalue weighted by molar-refractivity contribution is 0.0679. The van der Waals surface area contributed by atoms with Gasteiger partial charge in [0, 0.05) is 17.9 Å². The van der Waals surface area contributed by atoms with Gasteiger partial charge in [0.2, 0.25) is 0 Å². The Bertz CT molecular complexity index is 719. The molecule has 27 heavy (non-hydrogen) atoms. The van der Waals surface area contributed by atoms with Crippen molar-refractivity contribution in [1.29, 1.82) is 0 Å². The number of amides is 1. The molecule has 0 saturated carbocycles. The quantitative estimate of drug-likeness (QED) is 0.743. The molecule has 5 heteroatoms.